The van der Waals surface area contributed by atoms with Crippen molar-refractivity contribution in [1.29, 1.82) is 0 Å². The molecular weight excluding hydrogens is 298 g/mol. The molecule has 1 saturated heterocycles. The molecule has 4 heteroatoms. The lowest BCUT2D eigenvalue weighted by Crippen LogP contribution is -2.28. The number of hydrogen-bond donors (Lipinski definition) is 0. The monoisotopic (exact) mass is 315 g/mol. The van der Waals surface area contributed by atoms with Gasteiger partial charge in [-0.1, -0.05) is 22.0 Å². The van der Waals surface area contributed by atoms with Crippen molar-refractivity contribution in [3.8, 4) is 0 Å². The summed E-state index contributed by atoms with van der Waals surface area (Å²) in [6.07, 6.45) is 3.88. The largest absolute Gasteiger partial charge is 0.342 e. The molecule has 1 unspecified atom stereocenters. The molecule has 2 rings (SSSR count). The minimum Gasteiger partial charge on any atom is -0.342 e. The van der Waals surface area contributed by atoms with Crippen LogP contribution in [-0.2, 0) is 11.2 Å². The Bertz CT molecular complexity index is 352. The van der Waals surface area contributed by atoms with E-state index in [2.05, 4.69) is 33.4 Å². The Labute approximate surface area is 115 Å². The Morgan fingerprint density at radius 3 is 3.12 bits per heavy atom. The van der Waals surface area contributed by atoms with E-state index < -0.39 is 0 Å². The second-order valence-electron chi connectivity index (χ2n) is 4.58. The molecule has 2 nitrogen and oxygen atoms in total. The van der Waals surface area contributed by atoms with Crippen molar-refractivity contribution < 1.29 is 4.79 Å². The number of hydrogen-bond acceptors (Lipinski definition) is 2. The van der Waals surface area contributed by atoms with E-state index in [1.54, 1.807) is 11.3 Å². The summed E-state index contributed by atoms with van der Waals surface area (Å²) in [6.45, 7) is 1.90. The van der Waals surface area contributed by atoms with Crippen LogP contribution in [0.15, 0.2) is 17.5 Å². The van der Waals surface area contributed by atoms with Crippen molar-refractivity contribution in [3.05, 3.63) is 22.4 Å². The maximum absolute atomic E-state index is 11.9. The summed E-state index contributed by atoms with van der Waals surface area (Å²) in [4.78, 5) is 15.4. The van der Waals surface area contributed by atoms with Gasteiger partial charge in [-0.25, -0.2) is 0 Å². The van der Waals surface area contributed by atoms with E-state index in [4.69, 9.17) is 0 Å². The van der Waals surface area contributed by atoms with E-state index in [-0.39, 0.29) is 0 Å². The van der Waals surface area contributed by atoms with E-state index in [0.29, 0.717) is 18.2 Å². The molecule has 94 valence electrons. The topological polar surface area (TPSA) is 20.3 Å². The summed E-state index contributed by atoms with van der Waals surface area (Å²) in [5.74, 6) is 1.00. The van der Waals surface area contributed by atoms with Crippen LogP contribution in [0.3, 0.4) is 0 Å². The molecule has 1 aromatic heterocycles. The molecule has 17 heavy (non-hydrogen) atoms. The van der Waals surface area contributed by atoms with Crippen molar-refractivity contribution in [2.45, 2.75) is 25.7 Å². The summed E-state index contributed by atoms with van der Waals surface area (Å²) in [7, 11) is 0. The summed E-state index contributed by atoms with van der Waals surface area (Å²) in [6, 6.07) is 4.22. The first-order valence-corrected chi connectivity index (χ1v) is 8.16. The Morgan fingerprint density at radius 1 is 1.59 bits per heavy atom. The third-order valence-electron chi connectivity index (χ3n) is 3.25. The normalized spacial score (nSPS) is 19.8. The van der Waals surface area contributed by atoms with E-state index in [1.807, 2.05) is 4.90 Å². The van der Waals surface area contributed by atoms with Gasteiger partial charge in [-0.3, -0.25) is 4.79 Å². The number of alkyl halides is 1. The number of thiophene rings is 1. The Balaban J connectivity index is 1.67. The van der Waals surface area contributed by atoms with Gasteiger partial charge in [0.25, 0.3) is 0 Å². The molecule has 0 aromatic carbocycles. The molecule has 0 spiro atoms. The molecule has 1 fully saturated rings. The van der Waals surface area contributed by atoms with Gasteiger partial charge in [0.15, 0.2) is 0 Å². The lowest BCUT2D eigenvalue weighted by Gasteiger charge is -2.15. The molecule has 0 aliphatic carbocycles. The number of aryl methyl sites for hydroxylation is 1. The van der Waals surface area contributed by atoms with Crippen LogP contribution < -0.4 is 0 Å². The van der Waals surface area contributed by atoms with Crippen molar-refractivity contribution in [1.82, 2.24) is 4.90 Å². The first kappa shape index (κ1) is 13.1. The molecule has 1 aliphatic rings. The van der Waals surface area contributed by atoms with Gasteiger partial charge in [0, 0.05) is 29.7 Å². The predicted octanol–water partition coefficient (Wildman–Crippen LogP) is 3.31. The van der Waals surface area contributed by atoms with Crippen molar-refractivity contribution in [2.24, 2.45) is 5.92 Å². The molecule has 1 atom stereocenters. The first-order valence-electron chi connectivity index (χ1n) is 6.15. The van der Waals surface area contributed by atoms with E-state index in [1.165, 1.54) is 4.88 Å². The van der Waals surface area contributed by atoms with Crippen LogP contribution in [0, 0.1) is 5.92 Å². The maximum Gasteiger partial charge on any atom is 0.222 e. The lowest BCUT2D eigenvalue weighted by molar-refractivity contribution is -0.130. The van der Waals surface area contributed by atoms with Crippen LogP contribution in [0.2, 0.25) is 0 Å². The zero-order chi connectivity index (χ0) is 12.1. The minimum atomic E-state index is 0.338. The van der Waals surface area contributed by atoms with Crippen LogP contribution in [0.1, 0.15) is 24.1 Å². The zero-order valence-electron chi connectivity index (χ0n) is 9.90. The van der Waals surface area contributed by atoms with Gasteiger partial charge >= 0.3 is 0 Å². The molecule has 0 saturated carbocycles. The number of halogens is 1. The Kier molecular flexibility index (Phi) is 5.04. The molecule has 1 aliphatic heterocycles. The number of likely N-dealkylation sites (tertiary alicyclic amines) is 1. The average Bonchev–Trinajstić information content (AvgIpc) is 2.99. The minimum absolute atomic E-state index is 0.338. The second-order valence-corrected chi connectivity index (χ2v) is 6.26. The third kappa shape index (κ3) is 3.81. The van der Waals surface area contributed by atoms with Crippen LogP contribution in [0.4, 0.5) is 0 Å². The number of rotatable bonds is 5. The number of carbonyl (C=O) groups excluding carboxylic acids is 1. The van der Waals surface area contributed by atoms with Crippen LogP contribution >= 0.6 is 27.3 Å². The highest BCUT2D eigenvalue weighted by Gasteiger charge is 2.24. The third-order valence-corrected chi connectivity index (χ3v) is 5.10. The number of carbonyl (C=O) groups is 1. The smallest absolute Gasteiger partial charge is 0.222 e. The maximum atomic E-state index is 11.9. The first-order chi connectivity index (χ1) is 8.29. The van der Waals surface area contributed by atoms with Crippen LogP contribution in [0.5, 0.6) is 0 Å². The second kappa shape index (κ2) is 6.55. The van der Waals surface area contributed by atoms with E-state index in [0.717, 1.165) is 37.7 Å². The molecule has 1 amide bonds. The number of amides is 1. The van der Waals surface area contributed by atoms with Gasteiger partial charge in [-0.15, -0.1) is 11.3 Å². The van der Waals surface area contributed by atoms with E-state index in [9.17, 15) is 4.79 Å². The SMILES string of the molecule is O=C(CCCc1cccs1)N1CCC(CBr)C1. The van der Waals surface area contributed by atoms with E-state index >= 15 is 0 Å². The van der Waals surface area contributed by atoms with Crippen molar-refractivity contribution in [2.75, 3.05) is 18.4 Å². The fourth-order valence-corrected chi connectivity index (χ4v) is 3.49. The van der Waals surface area contributed by atoms with Crippen molar-refractivity contribution in [3.63, 3.8) is 0 Å². The standard InChI is InChI=1S/C13H18BrNOS/c14-9-11-6-7-15(10-11)13(16)5-1-3-12-4-2-8-17-12/h2,4,8,11H,1,3,5-7,9-10H2. The van der Waals surface area contributed by atoms with Gasteiger partial charge in [0.05, 0.1) is 0 Å². The summed E-state index contributed by atoms with van der Waals surface area (Å²) < 4.78 is 0. The number of nitrogens with zero attached hydrogens (tertiary/aromatic N) is 1. The molecule has 0 N–H and O–H groups in total. The predicted molar refractivity (Wildman–Crippen MR) is 75.7 cm³/mol. The van der Waals surface area contributed by atoms with Gasteiger partial charge in [-0.05, 0) is 36.6 Å². The van der Waals surface area contributed by atoms with Gasteiger partial charge in [-0.2, -0.15) is 0 Å². The van der Waals surface area contributed by atoms with Crippen LogP contribution in [-0.4, -0.2) is 29.2 Å². The summed E-state index contributed by atoms with van der Waals surface area (Å²) in [5, 5.41) is 3.12. The quantitative estimate of drug-likeness (QED) is 0.763. The van der Waals surface area contributed by atoms with Gasteiger partial charge < -0.3 is 4.90 Å². The Hall–Kier alpha value is -0.350. The van der Waals surface area contributed by atoms with Crippen LogP contribution in [0.25, 0.3) is 0 Å². The fraction of sp³-hybridized carbons (Fsp3) is 0.615. The van der Waals surface area contributed by atoms with Crippen molar-refractivity contribution >= 4 is 33.2 Å². The highest BCUT2D eigenvalue weighted by molar-refractivity contribution is 9.09. The molecule has 0 bridgehead atoms. The molecular formula is C13H18BrNOS. The molecule has 2 heterocycles. The lowest BCUT2D eigenvalue weighted by atomic mass is 10.2. The fourth-order valence-electron chi connectivity index (χ4n) is 2.21. The summed E-state index contributed by atoms with van der Waals surface area (Å²) in [5.41, 5.74) is 0. The molecule has 0 radical (unpaired) electrons. The highest BCUT2D eigenvalue weighted by atomic mass is 79.9. The van der Waals surface area contributed by atoms with Gasteiger partial charge in [0.1, 0.15) is 0 Å². The highest BCUT2D eigenvalue weighted by Crippen LogP contribution is 2.19. The Morgan fingerprint density at radius 2 is 2.47 bits per heavy atom. The average molecular weight is 316 g/mol. The summed E-state index contributed by atoms with van der Waals surface area (Å²) >= 11 is 5.27. The van der Waals surface area contributed by atoms with Gasteiger partial charge in [0.2, 0.25) is 5.91 Å². The molecule has 1 aromatic rings. The zero-order valence-corrected chi connectivity index (χ0v) is 12.3.